The van der Waals surface area contributed by atoms with E-state index in [9.17, 15) is 9.59 Å². The van der Waals surface area contributed by atoms with Crippen molar-refractivity contribution in [2.75, 3.05) is 19.0 Å². The van der Waals surface area contributed by atoms with Crippen LogP contribution in [0.1, 0.15) is 27.1 Å². The number of hydrogen-bond acceptors (Lipinski definition) is 7. The van der Waals surface area contributed by atoms with Crippen molar-refractivity contribution in [1.29, 1.82) is 0 Å². The molecular weight excluding hydrogens is 258 g/mol. The van der Waals surface area contributed by atoms with Crippen LogP contribution < -0.4 is 11.0 Å². The van der Waals surface area contributed by atoms with E-state index in [2.05, 4.69) is 11.0 Å². The van der Waals surface area contributed by atoms with Gasteiger partial charge in [0.05, 0.1) is 17.7 Å². The molecule has 96 valence electrons. The Morgan fingerprint density at radius 3 is 3.00 bits per heavy atom. The fourth-order valence-electron chi connectivity index (χ4n) is 2.05. The van der Waals surface area contributed by atoms with Crippen molar-refractivity contribution in [2.24, 2.45) is 0 Å². The molecule has 0 spiro atoms. The van der Waals surface area contributed by atoms with Gasteiger partial charge in [-0.2, -0.15) is 0 Å². The quantitative estimate of drug-likeness (QED) is 0.764. The van der Waals surface area contributed by atoms with Gasteiger partial charge in [-0.25, -0.2) is 4.90 Å². The maximum Gasteiger partial charge on any atom is 0.266 e. The Hall–Kier alpha value is -1.48. The maximum atomic E-state index is 12.3. The van der Waals surface area contributed by atoms with Gasteiger partial charge in [-0.05, 0) is 0 Å². The average molecular weight is 269 g/mol. The number of carbonyl (C=O) groups is 2. The lowest BCUT2D eigenvalue weighted by Crippen LogP contribution is -2.47. The minimum Gasteiger partial charge on any atom is -0.379 e. The SMILES string of the molecule is CNc1scc2c1C(=O)N(C1CCONO1)C2=O. The minimum atomic E-state index is -0.624. The second kappa shape index (κ2) is 4.32. The number of carbonyl (C=O) groups excluding carboxylic acids is 2. The molecule has 7 nitrogen and oxygen atoms in total. The molecule has 1 unspecified atom stereocenters. The lowest BCUT2D eigenvalue weighted by Gasteiger charge is -2.28. The summed E-state index contributed by atoms with van der Waals surface area (Å²) in [5, 5.41) is 5.31. The van der Waals surface area contributed by atoms with Crippen LogP contribution >= 0.6 is 11.3 Å². The van der Waals surface area contributed by atoms with E-state index >= 15 is 0 Å². The van der Waals surface area contributed by atoms with Crippen LogP contribution in [-0.4, -0.2) is 36.6 Å². The van der Waals surface area contributed by atoms with E-state index in [1.807, 2.05) is 0 Å². The van der Waals surface area contributed by atoms with Crippen molar-refractivity contribution in [3.8, 4) is 0 Å². The summed E-state index contributed by atoms with van der Waals surface area (Å²) in [5.74, 6) is -0.643. The molecule has 2 amide bonds. The Balaban J connectivity index is 1.94. The fraction of sp³-hybridized carbons (Fsp3) is 0.400. The molecular formula is C10H11N3O4S. The molecule has 0 aromatic carbocycles. The molecule has 18 heavy (non-hydrogen) atoms. The summed E-state index contributed by atoms with van der Waals surface area (Å²) in [6.07, 6.45) is -0.173. The van der Waals surface area contributed by atoms with Crippen molar-refractivity contribution in [1.82, 2.24) is 10.5 Å². The van der Waals surface area contributed by atoms with E-state index in [-0.39, 0.29) is 11.8 Å². The summed E-state index contributed by atoms with van der Waals surface area (Å²) in [7, 11) is 1.72. The van der Waals surface area contributed by atoms with Crippen LogP contribution in [0.4, 0.5) is 5.00 Å². The lowest BCUT2D eigenvalue weighted by molar-refractivity contribution is -0.259. The third-order valence-electron chi connectivity index (χ3n) is 2.90. The highest BCUT2D eigenvalue weighted by molar-refractivity contribution is 7.15. The Bertz CT molecular complexity index is 509. The van der Waals surface area contributed by atoms with Crippen LogP contribution in [0.3, 0.4) is 0 Å². The first-order valence-electron chi connectivity index (χ1n) is 5.43. The second-order valence-corrected chi connectivity index (χ2v) is 4.76. The Kier molecular flexibility index (Phi) is 2.78. The first-order chi connectivity index (χ1) is 8.74. The largest absolute Gasteiger partial charge is 0.379 e. The second-order valence-electron chi connectivity index (χ2n) is 3.88. The van der Waals surface area contributed by atoms with E-state index in [0.29, 0.717) is 29.2 Å². The van der Waals surface area contributed by atoms with Gasteiger partial charge >= 0.3 is 0 Å². The standard InChI is InChI=1S/C10H11N3O4S/c1-11-8-7-5(4-18-8)9(14)13(10(7)15)6-2-3-16-12-17-6/h4,6,11-12H,2-3H2,1H3. The van der Waals surface area contributed by atoms with Gasteiger partial charge in [0.15, 0.2) is 6.23 Å². The number of amides is 2. The number of thiophene rings is 1. The van der Waals surface area contributed by atoms with E-state index in [0.717, 1.165) is 4.90 Å². The topological polar surface area (TPSA) is 79.9 Å². The highest BCUT2D eigenvalue weighted by atomic mass is 32.1. The third-order valence-corrected chi connectivity index (χ3v) is 3.90. The molecule has 1 aromatic heterocycles. The normalized spacial score (nSPS) is 23.4. The summed E-state index contributed by atoms with van der Waals surface area (Å²) in [4.78, 5) is 35.4. The molecule has 0 radical (unpaired) electrons. The zero-order valence-corrected chi connectivity index (χ0v) is 10.4. The van der Waals surface area contributed by atoms with Gasteiger partial charge in [-0.3, -0.25) is 19.3 Å². The van der Waals surface area contributed by atoms with Gasteiger partial charge in [0.2, 0.25) is 0 Å². The monoisotopic (exact) mass is 269 g/mol. The third kappa shape index (κ3) is 1.54. The lowest BCUT2D eigenvalue weighted by atomic mass is 10.2. The van der Waals surface area contributed by atoms with E-state index in [1.165, 1.54) is 11.3 Å². The fourth-order valence-corrected chi connectivity index (χ4v) is 2.93. The molecule has 0 bridgehead atoms. The Labute approximate surface area is 107 Å². The molecule has 8 heteroatoms. The molecule has 0 saturated carbocycles. The van der Waals surface area contributed by atoms with E-state index in [1.54, 1.807) is 12.4 Å². The molecule has 1 aromatic rings. The number of anilines is 1. The first kappa shape index (κ1) is 11.6. The number of fused-ring (bicyclic) bond motifs is 1. The highest BCUT2D eigenvalue weighted by Gasteiger charge is 2.43. The van der Waals surface area contributed by atoms with Crippen LogP contribution in [-0.2, 0) is 9.68 Å². The van der Waals surface area contributed by atoms with Gasteiger partial charge in [0, 0.05) is 18.8 Å². The van der Waals surface area contributed by atoms with E-state index < -0.39 is 6.23 Å². The summed E-state index contributed by atoms with van der Waals surface area (Å²) in [6, 6.07) is 0. The van der Waals surface area contributed by atoms with Crippen LogP contribution in [0, 0.1) is 0 Å². The van der Waals surface area contributed by atoms with Gasteiger partial charge in [-0.15, -0.1) is 11.3 Å². The molecule has 0 aliphatic carbocycles. The predicted octanol–water partition coefficient (Wildman–Crippen LogP) is 0.568. The number of nitrogens with zero attached hydrogens (tertiary/aromatic N) is 1. The number of imide groups is 1. The van der Waals surface area contributed by atoms with E-state index in [4.69, 9.17) is 9.68 Å². The summed E-state index contributed by atoms with van der Waals surface area (Å²) < 4.78 is 0. The van der Waals surface area contributed by atoms with Gasteiger partial charge in [-0.1, -0.05) is 5.64 Å². The Morgan fingerprint density at radius 2 is 2.33 bits per heavy atom. The molecule has 2 aliphatic heterocycles. The zero-order chi connectivity index (χ0) is 12.7. The number of nitrogens with one attached hydrogen (secondary N) is 2. The van der Waals surface area contributed by atoms with Crippen molar-refractivity contribution in [3.63, 3.8) is 0 Å². The summed E-state index contributed by atoms with van der Waals surface area (Å²) >= 11 is 1.35. The van der Waals surface area contributed by atoms with Crippen LogP contribution in [0.15, 0.2) is 5.38 Å². The molecule has 1 saturated heterocycles. The van der Waals surface area contributed by atoms with Gasteiger partial charge < -0.3 is 5.32 Å². The van der Waals surface area contributed by atoms with Crippen LogP contribution in [0.25, 0.3) is 0 Å². The molecule has 1 atom stereocenters. The van der Waals surface area contributed by atoms with Crippen LogP contribution in [0.5, 0.6) is 0 Å². The van der Waals surface area contributed by atoms with Crippen LogP contribution in [0.2, 0.25) is 0 Å². The van der Waals surface area contributed by atoms with Crippen molar-refractivity contribution in [2.45, 2.75) is 12.6 Å². The van der Waals surface area contributed by atoms with Gasteiger partial charge in [0.25, 0.3) is 11.8 Å². The molecule has 3 heterocycles. The van der Waals surface area contributed by atoms with Gasteiger partial charge in [0.1, 0.15) is 5.00 Å². The average Bonchev–Trinajstić information content (AvgIpc) is 2.92. The molecule has 1 fully saturated rings. The molecule has 2 aliphatic rings. The Morgan fingerprint density at radius 1 is 1.50 bits per heavy atom. The first-order valence-corrected chi connectivity index (χ1v) is 6.31. The molecule has 3 rings (SSSR count). The number of hydrogen-bond donors (Lipinski definition) is 2. The minimum absolute atomic E-state index is 0.318. The molecule has 2 N–H and O–H groups in total. The zero-order valence-electron chi connectivity index (χ0n) is 9.56. The van der Waals surface area contributed by atoms with Crippen molar-refractivity contribution in [3.05, 3.63) is 16.5 Å². The highest BCUT2D eigenvalue weighted by Crippen LogP contribution is 2.36. The smallest absolute Gasteiger partial charge is 0.266 e. The summed E-state index contributed by atoms with van der Waals surface area (Å²) in [5.41, 5.74) is 3.11. The van der Waals surface area contributed by atoms with Crippen molar-refractivity contribution < 1.29 is 19.3 Å². The maximum absolute atomic E-state index is 12.3. The number of rotatable bonds is 2. The summed E-state index contributed by atoms with van der Waals surface area (Å²) in [6.45, 7) is 0.382. The predicted molar refractivity (Wildman–Crippen MR) is 62.9 cm³/mol. The van der Waals surface area contributed by atoms with Crippen molar-refractivity contribution >= 4 is 28.2 Å².